The van der Waals surface area contributed by atoms with Crippen molar-refractivity contribution >= 4 is 29.1 Å². The van der Waals surface area contributed by atoms with Crippen LogP contribution in [0.25, 0.3) is 0 Å². The Morgan fingerprint density at radius 1 is 1.29 bits per heavy atom. The quantitative estimate of drug-likeness (QED) is 0.910. The summed E-state index contributed by atoms with van der Waals surface area (Å²) < 4.78 is 0. The molecule has 1 amide bonds. The lowest BCUT2D eigenvalue weighted by molar-refractivity contribution is -0.137. The molecule has 0 radical (unpaired) electrons. The molecule has 1 atom stereocenters. The Hall–Kier alpha value is -0.770. The van der Waals surface area contributed by atoms with E-state index in [0.717, 1.165) is 31.2 Å². The van der Waals surface area contributed by atoms with E-state index in [-0.39, 0.29) is 23.9 Å². The Morgan fingerprint density at radius 3 is 2.48 bits per heavy atom. The molecule has 116 valence electrons. The van der Waals surface area contributed by atoms with E-state index in [1.807, 2.05) is 20.0 Å². The Morgan fingerprint density at radius 2 is 1.90 bits per heavy atom. The first-order chi connectivity index (χ1) is 9.90. The van der Waals surface area contributed by atoms with E-state index in [1.54, 1.807) is 17.0 Å². The van der Waals surface area contributed by atoms with Crippen molar-refractivity contribution < 1.29 is 4.79 Å². The highest BCUT2D eigenvalue weighted by Gasteiger charge is 2.29. The zero-order valence-electron chi connectivity index (χ0n) is 12.5. The first-order valence-electron chi connectivity index (χ1n) is 7.37. The van der Waals surface area contributed by atoms with Gasteiger partial charge in [0.1, 0.15) is 0 Å². The van der Waals surface area contributed by atoms with E-state index in [0.29, 0.717) is 10.0 Å². The number of hydrogen-bond donors (Lipinski definition) is 1. The summed E-state index contributed by atoms with van der Waals surface area (Å²) in [6.45, 7) is 1.99. The van der Waals surface area contributed by atoms with Gasteiger partial charge in [-0.15, -0.1) is 0 Å². The SMILES string of the molecule is CC(c1ccc(Cl)cc1Cl)N(C)C(=O)C1CCC(N)CC1. The third-order valence-corrected chi connectivity index (χ3v) is 5.02. The van der Waals surface area contributed by atoms with Crippen LogP contribution in [-0.4, -0.2) is 23.9 Å². The van der Waals surface area contributed by atoms with Crippen molar-refractivity contribution in [2.75, 3.05) is 7.05 Å². The lowest BCUT2D eigenvalue weighted by atomic mass is 9.85. The predicted molar refractivity (Wildman–Crippen MR) is 87.6 cm³/mol. The van der Waals surface area contributed by atoms with Crippen LogP contribution in [0.15, 0.2) is 18.2 Å². The fourth-order valence-electron chi connectivity index (χ4n) is 2.89. The maximum atomic E-state index is 12.6. The van der Waals surface area contributed by atoms with Gasteiger partial charge < -0.3 is 10.6 Å². The summed E-state index contributed by atoms with van der Waals surface area (Å²) in [5.74, 6) is 0.267. The molecule has 1 saturated carbocycles. The highest BCUT2D eigenvalue weighted by atomic mass is 35.5. The van der Waals surface area contributed by atoms with Crippen molar-refractivity contribution in [1.29, 1.82) is 0 Å². The van der Waals surface area contributed by atoms with Crippen LogP contribution < -0.4 is 5.73 Å². The Labute approximate surface area is 136 Å². The number of carbonyl (C=O) groups excluding carboxylic acids is 1. The minimum Gasteiger partial charge on any atom is -0.339 e. The molecule has 0 saturated heterocycles. The summed E-state index contributed by atoms with van der Waals surface area (Å²) >= 11 is 12.2. The molecule has 0 aliphatic heterocycles. The standard InChI is InChI=1S/C16H22Cl2N2O/c1-10(14-8-5-12(17)9-15(14)18)20(2)16(21)11-3-6-13(19)7-4-11/h5,8-11,13H,3-4,6-7,19H2,1-2H3. The van der Waals surface area contributed by atoms with E-state index in [4.69, 9.17) is 28.9 Å². The van der Waals surface area contributed by atoms with Gasteiger partial charge in [-0.25, -0.2) is 0 Å². The molecular formula is C16H22Cl2N2O. The average molecular weight is 329 g/mol. The number of benzene rings is 1. The van der Waals surface area contributed by atoms with Crippen LogP contribution in [0, 0.1) is 5.92 Å². The second-order valence-electron chi connectivity index (χ2n) is 5.90. The number of nitrogens with two attached hydrogens (primary N) is 1. The number of carbonyl (C=O) groups is 1. The Kier molecular flexibility index (Phi) is 5.53. The zero-order chi connectivity index (χ0) is 15.6. The maximum Gasteiger partial charge on any atom is 0.225 e. The van der Waals surface area contributed by atoms with E-state index in [1.165, 1.54) is 0 Å². The molecule has 1 fully saturated rings. The van der Waals surface area contributed by atoms with Gasteiger partial charge in [0.25, 0.3) is 0 Å². The average Bonchev–Trinajstić information content (AvgIpc) is 2.46. The number of amides is 1. The molecular weight excluding hydrogens is 307 g/mol. The minimum atomic E-state index is -0.0714. The smallest absolute Gasteiger partial charge is 0.225 e. The molecule has 5 heteroatoms. The van der Waals surface area contributed by atoms with Gasteiger partial charge >= 0.3 is 0 Å². The molecule has 1 unspecified atom stereocenters. The number of hydrogen-bond acceptors (Lipinski definition) is 2. The molecule has 3 nitrogen and oxygen atoms in total. The number of halogens is 2. The van der Waals surface area contributed by atoms with E-state index in [2.05, 4.69) is 0 Å². The Bertz CT molecular complexity index is 513. The van der Waals surface area contributed by atoms with Gasteiger partial charge in [-0.2, -0.15) is 0 Å². The number of nitrogens with zero attached hydrogens (tertiary/aromatic N) is 1. The fraction of sp³-hybridized carbons (Fsp3) is 0.562. The molecule has 21 heavy (non-hydrogen) atoms. The van der Waals surface area contributed by atoms with Crippen LogP contribution in [0.5, 0.6) is 0 Å². The van der Waals surface area contributed by atoms with Gasteiger partial charge in [0, 0.05) is 29.1 Å². The molecule has 2 rings (SSSR count). The van der Waals surface area contributed by atoms with Crippen molar-refractivity contribution in [3.63, 3.8) is 0 Å². The molecule has 0 aromatic heterocycles. The summed E-state index contributed by atoms with van der Waals surface area (Å²) in [4.78, 5) is 14.4. The third kappa shape index (κ3) is 3.91. The summed E-state index contributed by atoms with van der Waals surface area (Å²) in [6, 6.07) is 5.58. The molecule has 0 bridgehead atoms. The highest BCUT2D eigenvalue weighted by molar-refractivity contribution is 6.35. The molecule has 1 aliphatic rings. The maximum absolute atomic E-state index is 12.6. The molecule has 0 heterocycles. The molecule has 0 spiro atoms. The van der Waals surface area contributed by atoms with E-state index in [9.17, 15) is 4.79 Å². The number of rotatable bonds is 3. The monoisotopic (exact) mass is 328 g/mol. The fourth-order valence-corrected chi connectivity index (χ4v) is 3.46. The van der Waals surface area contributed by atoms with Crippen molar-refractivity contribution in [3.8, 4) is 0 Å². The van der Waals surface area contributed by atoms with Gasteiger partial charge in [-0.05, 0) is 50.3 Å². The van der Waals surface area contributed by atoms with Crippen LogP contribution in [-0.2, 0) is 4.79 Å². The van der Waals surface area contributed by atoms with Crippen LogP contribution in [0.1, 0.15) is 44.2 Å². The summed E-state index contributed by atoms with van der Waals surface area (Å²) in [5.41, 5.74) is 6.82. The van der Waals surface area contributed by atoms with Crippen LogP contribution >= 0.6 is 23.2 Å². The van der Waals surface area contributed by atoms with Gasteiger partial charge in [-0.3, -0.25) is 4.79 Å². The summed E-state index contributed by atoms with van der Waals surface area (Å²) in [7, 11) is 1.84. The van der Waals surface area contributed by atoms with Gasteiger partial charge in [0.05, 0.1) is 6.04 Å². The second-order valence-corrected chi connectivity index (χ2v) is 6.75. The largest absolute Gasteiger partial charge is 0.339 e. The topological polar surface area (TPSA) is 46.3 Å². The molecule has 2 N–H and O–H groups in total. The van der Waals surface area contributed by atoms with Crippen molar-refractivity contribution in [2.45, 2.75) is 44.7 Å². The second kappa shape index (κ2) is 6.99. The van der Waals surface area contributed by atoms with Gasteiger partial charge in [-0.1, -0.05) is 29.3 Å². The lowest BCUT2D eigenvalue weighted by Gasteiger charge is -2.32. The van der Waals surface area contributed by atoms with Crippen LogP contribution in [0.4, 0.5) is 0 Å². The van der Waals surface area contributed by atoms with Gasteiger partial charge in [0.2, 0.25) is 5.91 Å². The Balaban J connectivity index is 2.07. The normalized spacial score (nSPS) is 23.7. The van der Waals surface area contributed by atoms with Crippen molar-refractivity contribution in [1.82, 2.24) is 4.90 Å². The van der Waals surface area contributed by atoms with Crippen molar-refractivity contribution in [2.24, 2.45) is 11.7 Å². The lowest BCUT2D eigenvalue weighted by Crippen LogP contribution is -2.38. The first-order valence-corrected chi connectivity index (χ1v) is 8.13. The summed E-state index contributed by atoms with van der Waals surface area (Å²) in [5, 5.41) is 1.20. The molecule has 1 aromatic rings. The van der Waals surface area contributed by atoms with E-state index < -0.39 is 0 Å². The van der Waals surface area contributed by atoms with Crippen LogP contribution in [0.2, 0.25) is 10.0 Å². The third-order valence-electron chi connectivity index (χ3n) is 4.46. The molecule has 1 aliphatic carbocycles. The molecule has 1 aromatic carbocycles. The van der Waals surface area contributed by atoms with Gasteiger partial charge in [0.15, 0.2) is 0 Å². The van der Waals surface area contributed by atoms with Crippen LogP contribution in [0.3, 0.4) is 0 Å². The minimum absolute atomic E-state index is 0.0714. The summed E-state index contributed by atoms with van der Waals surface area (Å²) in [6.07, 6.45) is 3.62. The first kappa shape index (κ1) is 16.6. The van der Waals surface area contributed by atoms with Crippen molar-refractivity contribution in [3.05, 3.63) is 33.8 Å². The predicted octanol–water partition coefficient (Wildman–Crippen LogP) is 4.03. The van der Waals surface area contributed by atoms with E-state index >= 15 is 0 Å². The zero-order valence-corrected chi connectivity index (χ0v) is 14.0. The highest BCUT2D eigenvalue weighted by Crippen LogP contribution is 2.32.